The number of piperazine rings is 1. The van der Waals surface area contributed by atoms with Crippen LogP contribution in [0.25, 0.3) is 0 Å². The largest absolute Gasteiger partial charge is 0.480 e. The number of carboxylic acid groups (broad SMARTS) is 1. The Morgan fingerprint density at radius 3 is 2.14 bits per heavy atom. The number of fused-ring (bicyclic) bond motifs is 1. The van der Waals surface area contributed by atoms with E-state index in [0.717, 1.165) is 64.8 Å². The molecule has 3 fully saturated rings. The number of para-hydroxylation sites is 1. The smallest absolute Gasteiger partial charge is 0.322 e. The standard InChI is InChI=1S/C35H45Br2N7O5/c36-28-18-23(19-29(37)33(28)38)17-25(34(48)43-11-5-26(6-12-43)41-15-13-40(14-16-41)22-32(46)47)20-31(45)42-9-7-27(8-10-42)44-21-24-3-1-2-4-30(24)39-35(44)49/h1-4,18-19,25-27H,5-17,20-22,38H2,(H,39,49)(H,46,47). The molecule has 4 aliphatic rings. The van der Waals surface area contributed by atoms with E-state index in [0.29, 0.717) is 63.7 Å². The first-order valence-electron chi connectivity index (χ1n) is 17.2. The molecule has 49 heavy (non-hydrogen) atoms. The summed E-state index contributed by atoms with van der Waals surface area (Å²) in [5.41, 5.74) is 9.59. The molecule has 0 bridgehead atoms. The molecule has 4 heterocycles. The van der Waals surface area contributed by atoms with Gasteiger partial charge in [-0.2, -0.15) is 0 Å². The maximum absolute atomic E-state index is 14.2. The number of urea groups is 1. The SMILES string of the molecule is Nc1c(Br)cc(CC(CC(=O)N2CCC(N3Cc4ccccc4NC3=O)CC2)C(=O)N2CCC(N3CCN(CC(=O)O)CC3)CC2)cc1Br. The number of rotatable bonds is 9. The number of benzene rings is 2. The molecule has 264 valence electrons. The van der Waals surface area contributed by atoms with Crippen molar-refractivity contribution in [2.75, 3.05) is 70.0 Å². The summed E-state index contributed by atoms with van der Waals surface area (Å²) in [6.45, 7) is 6.10. The number of hydrogen-bond donors (Lipinski definition) is 3. The van der Waals surface area contributed by atoms with Gasteiger partial charge in [0.05, 0.1) is 18.2 Å². The molecular weight excluding hydrogens is 758 g/mol. The van der Waals surface area contributed by atoms with E-state index in [9.17, 15) is 19.2 Å². The van der Waals surface area contributed by atoms with Gasteiger partial charge in [0.15, 0.2) is 0 Å². The van der Waals surface area contributed by atoms with Crippen molar-refractivity contribution in [3.05, 3.63) is 56.5 Å². The lowest BCUT2D eigenvalue weighted by atomic mass is 9.91. The summed E-state index contributed by atoms with van der Waals surface area (Å²) in [5, 5.41) is 12.1. The highest BCUT2D eigenvalue weighted by atomic mass is 79.9. The number of nitrogens with two attached hydrogens (primary N) is 1. The number of nitrogens with zero attached hydrogens (tertiary/aromatic N) is 5. The van der Waals surface area contributed by atoms with Gasteiger partial charge in [-0.05, 0) is 93.3 Å². The van der Waals surface area contributed by atoms with Crippen LogP contribution < -0.4 is 11.1 Å². The Labute approximate surface area is 304 Å². The van der Waals surface area contributed by atoms with Gasteiger partial charge in [-0.1, -0.05) is 18.2 Å². The van der Waals surface area contributed by atoms with E-state index in [1.165, 1.54) is 0 Å². The minimum Gasteiger partial charge on any atom is -0.480 e. The van der Waals surface area contributed by atoms with Crippen LogP contribution in [0.15, 0.2) is 45.3 Å². The zero-order valence-corrected chi connectivity index (χ0v) is 30.8. The van der Waals surface area contributed by atoms with Crippen LogP contribution in [0, 0.1) is 5.92 Å². The van der Waals surface area contributed by atoms with Gasteiger partial charge < -0.3 is 30.9 Å². The molecule has 2 aromatic rings. The topological polar surface area (TPSA) is 143 Å². The molecule has 0 aromatic heterocycles. The number of hydrogen-bond acceptors (Lipinski definition) is 7. The highest BCUT2D eigenvalue weighted by Crippen LogP contribution is 2.32. The fourth-order valence-electron chi connectivity index (χ4n) is 7.76. The van der Waals surface area contributed by atoms with Crippen molar-refractivity contribution in [3.8, 4) is 0 Å². The lowest BCUT2D eigenvalue weighted by Gasteiger charge is -2.43. The van der Waals surface area contributed by atoms with Crippen LogP contribution in [-0.2, 0) is 27.3 Å². The average Bonchev–Trinajstić information content (AvgIpc) is 3.10. The van der Waals surface area contributed by atoms with E-state index < -0.39 is 11.9 Å². The van der Waals surface area contributed by atoms with Crippen molar-refractivity contribution < 1.29 is 24.3 Å². The van der Waals surface area contributed by atoms with Crippen LogP contribution in [0.1, 0.15) is 43.2 Å². The molecule has 12 nitrogen and oxygen atoms in total. The Balaban J connectivity index is 1.07. The highest BCUT2D eigenvalue weighted by molar-refractivity contribution is 9.11. The lowest BCUT2D eigenvalue weighted by molar-refractivity contribution is -0.143. The van der Waals surface area contributed by atoms with Crippen molar-refractivity contribution in [1.82, 2.24) is 24.5 Å². The first-order chi connectivity index (χ1) is 23.5. The number of halogens is 2. The molecule has 4 N–H and O–H groups in total. The summed E-state index contributed by atoms with van der Waals surface area (Å²) >= 11 is 7.06. The molecule has 6 rings (SSSR count). The summed E-state index contributed by atoms with van der Waals surface area (Å²) in [6.07, 6.45) is 3.62. The van der Waals surface area contributed by atoms with Crippen LogP contribution in [0.3, 0.4) is 0 Å². The number of carbonyl (C=O) groups is 4. The Kier molecular flexibility index (Phi) is 11.5. The Bertz CT molecular complexity index is 1530. The summed E-state index contributed by atoms with van der Waals surface area (Å²) in [6, 6.07) is 12.0. The normalized spacial score (nSPS) is 20.5. The number of nitrogens with one attached hydrogen (secondary N) is 1. The molecule has 14 heteroatoms. The van der Waals surface area contributed by atoms with Crippen LogP contribution in [0.2, 0.25) is 0 Å². The number of likely N-dealkylation sites (tertiary alicyclic amines) is 2. The number of carbonyl (C=O) groups excluding carboxylic acids is 3. The van der Waals surface area contributed by atoms with E-state index in [2.05, 4.69) is 42.1 Å². The minimum atomic E-state index is -0.797. The van der Waals surface area contributed by atoms with Crippen LogP contribution in [0.4, 0.5) is 16.2 Å². The second kappa shape index (κ2) is 15.8. The summed E-state index contributed by atoms with van der Waals surface area (Å²) < 4.78 is 1.48. The highest BCUT2D eigenvalue weighted by Gasteiger charge is 2.36. The van der Waals surface area contributed by atoms with E-state index >= 15 is 0 Å². The average molecular weight is 804 g/mol. The van der Waals surface area contributed by atoms with Gasteiger partial charge in [-0.25, -0.2) is 4.79 Å². The molecule has 4 amide bonds. The van der Waals surface area contributed by atoms with Gasteiger partial charge in [0, 0.05) is 92.0 Å². The van der Waals surface area contributed by atoms with Gasteiger partial charge in [0.25, 0.3) is 0 Å². The van der Waals surface area contributed by atoms with Crippen molar-refractivity contribution in [2.24, 2.45) is 5.92 Å². The number of carboxylic acids is 1. The molecule has 1 unspecified atom stereocenters. The number of piperidine rings is 2. The monoisotopic (exact) mass is 801 g/mol. The number of anilines is 2. The van der Waals surface area contributed by atoms with E-state index in [-0.39, 0.29) is 36.9 Å². The molecule has 0 aliphatic carbocycles. The Morgan fingerprint density at radius 1 is 0.878 bits per heavy atom. The van der Waals surface area contributed by atoms with Gasteiger partial charge >= 0.3 is 12.0 Å². The minimum absolute atomic E-state index is 0.000636. The third-order valence-corrected chi connectivity index (χ3v) is 11.9. The summed E-state index contributed by atoms with van der Waals surface area (Å²) in [7, 11) is 0. The van der Waals surface area contributed by atoms with Gasteiger partial charge in [-0.15, -0.1) is 0 Å². The van der Waals surface area contributed by atoms with E-state index in [4.69, 9.17) is 10.8 Å². The van der Waals surface area contributed by atoms with Gasteiger partial charge in [0.2, 0.25) is 11.8 Å². The molecule has 4 aliphatic heterocycles. The maximum atomic E-state index is 14.2. The van der Waals surface area contributed by atoms with Crippen LogP contribution in [0.5, 0.6) is 0 Å². The predicted molar refractivity (Wildman–Crippen MR) is 194 cm³/mol. The fraction of sp³-hybridized carbons (Fsp3) is 0.543. The van der Waals surface area contributed by atoms with Gasteiger partial charge in [0.1, 0.15) is 0 Å². The number of aliphatic carboxylic acids is 1. The number of amides is 4. The van der Waals surface area contributed by atoms with Crippen LogP contribution >= 0.6 is 31.9 Å². The first kappa shape index (κ1) is 35.6. The molecule has 3 saturated heterocycles. The Hall–Kier alpha value is -3.20. The second-order valence-electron chi connectivity index (χ2n) is 13.7. The van der Waals surface area contributed by atoms with Crippen molar-refractivity contribution in [3.63, 3.8) is 0 Å². The maximum Gasteiger partial charge on any atom is 0.322 e. The van der Waals surface area contributed by atoms with Crippen molar-refractivity contribution in [2.45, 2.75) is 57.2 Å². The third-order valence-electron chi connectivity index (χ3n) is 10.6. The van der Waals surface area contributed by atoms with E-state index in [1.807, 2.05) is 56.0 Å². The van der Waals surface area contributed by atoms with E-state index in [1.54, 1.807) is 0 Å². The zero-order chi connectivity index (χ0) is 34.7. The molecule has 0 spiro atoms. The second-order valence-corrected chi connectivity index (χ2v) is 15.4. The quantitative estimate of drug-likeness (QED) is 0.323. The zero-order valence-electron chi connectivity index (χ0n) is 27.7. The predicted octanol–water partition coefficient (Wildman–Crippen LogP) is 4.07. The fourth-order valence-corrected chi connectivity index (χ4v) is 9.04. The third kappa shape index (κ3) is 8.58. The molecule has 2 aromatic carbocycles. The molecule has 0 radical (unpaired) electrons. The van der Waals surface area contributed by atoms with Crippen molar-refractivity contribution in [1.29, 1.82) is 0 Å². The van der Waals surface area contributed by atoms with Crippen molar-refractivity contribution >= 4 is 67.0 Å². The van der Waals surface area contributed by atoms with Crippen LogP contribution in [-0.4, -0.2) is 124 Å². The molecule has 0 saturated carbocycles. The van der Waals surface area contributed by atoms with Gasteiger partial charge in [-0.3, -0.25) is 24.2 Å². The summed E-state index contributed by atoms with van der Waals surface area (Å²) in [5.74, 6) is -1.35. The molecule has 1 atom stereocenters. The Morgan fingerprint density at radius 2 is 1.49 bits per heavy atom. The molecular formula is C35H45Br2N7O5. The first-order valence-corrected chi connectivity index (χ1v) is 18.8. The summed E-state index contributed by atoms with van der Waals surface area (Å²) in [4.78, 5) is 62.0. The number of nitrogen functional groups attached to an aromatic ring is 1. The lowest BCUT2D eigenvalue weighted by Crippen LogP contribution is -2.55.